The Morgan fingerprint density at radius 2 is 2.00 bits per heavy atom. The molecule has 0 aliphatic heterocycles. The maximum absolute atomic E-state index is 13.3. The van der Waals surface area contributed by atoms with Gasteiger partial charge in [-0.15, -0.1) is 0 Å². The van der Waals surface area contributed by atoms with Crippen molar-refractivity contribution in [3.63, 3.8) is 0 Å². The van der Waals surface area contributed by atoms with Crippen molar-refractivity contribution in [2.45, 2.75) is 33.2 Å². The lowest BCUT2D eigenvalue weighted by Crippen LogP contribution is -2.24. The van der Waals surface area contributed by atoms with Gasteiger partial charge in [0.05, 0.1) is 15.9 Å². The molecule has 2 rings (SSSR count). The van der Waals surface area contributed by atoms with Crippen LogP contribution < -0.4 is 5.32 Å². The fourth-order valence-electron chi connectivity index (χ4n) is 2.36. The molecular formula is C16H19BrFN3. The van der Waals surface area contributed by atoms with Crippen LogP contribution in [0, 0.1) is 19.7 Å². The van der Waals surface area contributed by atoms with Crippen LogP contribution in [0.3, 0.4) is 0 Å². The number of hydrogen-bond donors (Lipinski definition) is 1. The Morgan fingerprint density at radius 1 is 1.24 bits per heavy atom. The third kappa shape index (κ3) is 4.08. The maximum atomic E-state index is 13.3. The first kappa shape index (κ1) is 16.0. The molecular weight excluding hydrogens is 333 g/mol. The largest absolute Gasteiger partial charge is 0.310 e. The van der Waals surface area contributed by atoms with Crippen molar-refractivity contribution in [2.75, 3.05) is 6.54 Å². The third-order valence-corrected chi connectivity index (χ3v) is 4.00. The van der Waals surface area contributed by atoms with Crippen LogP contribution in [-0.2, 0) is 6.42 Å². The van der Waals surface area contributed by atoms with Gasteiger partial charge in [-0.05, 0) is 72.1 Å². The van der Waals surface area contributed by atoms with Gasteiger partial charge in [0.15, 0.2) is 0 Å². The highest BCUT2D eigenvalue weighted by molar-refractivity contribution is 9.10. The minimum absolute atomic E-state index is 0.140. The zero-order valence-electron chi connectivity index (χ0n) is 12.5. The number of halogens is 2. The van der Waals surface area contributed by atoms with E-state index in [2.05, 4.69) is 44.4 Å². The Labute approximate surface area is 133 Å². The average molecular weight is 352 g/mol. The lowest BCUT2D eigenvalue weighted by atomic mass is 9.97. The minimum atomic E-state index is -0.239. The molecule has 0 radical (unpaired) electrons. The lowest BCUT2D eigenvalue weighted by Gasteiger charge is -2.20. The van der Waals surface area contributed by atoms with Crippen LogP contribution in [0.1, 0.15) is 35.5 Å². The molecule has 0 aliphatic carbocycles. The second-order valence-corrected chi connectivity index (χ2v) is 5.94. The van der Waals surface area contributed by atoms with E-state index in [1.807, 2.05) is 26.0 Å². The topological polar surface area (TPSA) is 37.8 Å². The summed E-state index contributed by atoms with van der Waals surface area (Å²) in [4.78, 5) is 0. The first-order valence-corrected chi connectivity index (χ1v) is 7.78. The molecule has 0 saturated heterocycles. The average Bonchev–Trinajstić information content (AvgIpc) is 2.45. The Kier molecular flexibility index (Phi) is 5.42. The molecule has 3 nitrogen and oxygen atoms in total. The van der Waals surface area contributed by atoms with Crippen molar-refractivity contribution < 1.29 is 4.39 Å². The summed E-state index contributed by atoms with van der Waals surface area (Å²) in [6, 6.07) is 7.35. The van der Waals surface area contributed by atoms with Gasteiger partial charge in [-0.3, -0.25) is 0 Å². The molecule has 1 unspecified atom stereocenters. The Morgan fingerprint density at radius 3 is 2.67 bits per heavy atom. The standard InChI is InChI=1S/C16H19BrFN3/c1-4-19-16(13-7-10(2)20-21-11(13)3)9-12-5-6-15(18)14(17)8-12/h5-8,16,19H,4,9H2,1-3H3. The predicted molar refractivity (Wildman–Crippen MR) is 85.7 cm³/mol. The van der Waals surface area contributed by atoms with Crippen LogP contribution in [0.5, 0.6) is 0 Å². The summed E-state index contributed by atoms with van der Waals surface area (Å²) in [7, 11) is 0. The van der Waals surface area contributed by atoms with E-state index in [1.165, 1.54) is 6.07 Å². The van der Waals surface area contributed by atoms with Crippen molar-refractivity contribution in [1.29, 1.82) is 0 Å². The quantitative estimate of drug-likeness (QED) is 0.887. The monoisotopic (exact) mass is 351 g/mol. The van der Waals surface area contributed by atoms with Crippen molar-refractivity contribution in [3.8, 4) is 0 Å². The van der Waals surface area contributed by atoms with Crippen LogP contribution in [0.25, 0.3) is 0 Å². The summed E-state index contributed by atoms with van der Waals surface area (Å²) in [6.07, 6.45) is 0.776. The van der Waals surface area contributed by atoms with E-state index in [0.29, 0.717) is 4.47 Å². The summed E-state index contributed by atoms with van der Waals surface area (Å²) in [6.45, 7) is 6.83. The first-order chi connectivity index (χ1) is 10.0. The summed E-state index contributed by atoms with van der Waals surface area (Å²) < 4.78 is 13.8. The van der Waals surface area contributed by atoms with Gasteiger partial charge in [-0.2, -0.15) is 10.2 Å². The number of benzene rings is 1. The van der Waals surface area contributed by atoms with Crippen LogP contribution >= 0.6 is 15.9 Å². The fraction of sp³-hybridized carbons (Fsp3) is 0.375. The highest BCUT2D eigenvalue weighted by Gasteiger charge is 2.16. The van der Waals surface area contributed by atoms with Crippen LogP contribution in [0.2, 0.25) is 0 Å². The van der Waals surface area contributed by atoms with Crippen molar-refractivity contribution >= 4 is 15.9 Å². The van der Waals surface area contributed by atoms with Gasteiger partial charge in [-0.1, -0.05) is 13.0 Å². The number of hydrogen-bond acceptors (Lipinski definition) is 3. The molecule has 112 valence electrons. The summed E-state index contributed by atoms with van der Waals surface area (Å²) in [5, 5.41) is 11.7. The molecule has 0 aliphatic rings. The van der Waals surface area contributed by atoms with Gasteiger partial charge >= 0.3 is 0 Å². The van der Waals surface area contributed by atoms with E-state index >= 15 is 0 Å². The van der Waals surface area contributed by atoms with Gasteiger partial charge in [0.1, 0.15) is 5.82 Å². The molecule has 1 atom stereocenters. The number of aryl methyl sites for hydroxylation is 2. The molecule has 1 N–H and O–H groups in total. The van der Waals surface area contributed by atoms with Gasteiger partial charge in [0.25, 0.3) is 0 Å². The Hall–Kier alpha value is -1.33. The second-order valence-electron chi connectivity index (χ2n) is 5.09. The number of nitrogens with one attached hydrogen (secondary N) is 1. The summed E-state index contributed by atoms with van der Waals surface area (Å²) in [5.74, 6) is -0.239. The predicted octanol–water partition coefficient (Wildman–Crippen LogP) is 3.89. The zero-order chi connectivity index (χ0) is 15.4. The molecule has 0 spiro atoms. The molecule has 1 aromatic heterocycles. The highest BCUT2D eigenvalue weighted by atomic mass is 79.9. The maximum Gasteiger partial charge on any atom is 0.137 e. The van der Waals surface area contributed by atoms with Crippen LogP contribution in [0.4, 0.5) is 4.39 Å². The van der Waals surface area contributed by atoms with E-state index in [4.69, 9.17) is 0 Å². The Bertz CT molecular complexity index is 631. The fourth-order valence-corrected chi connectivity index (χ4v) is 2.79. The molecule has 2 aromatic rings. The highest BCUT2D eigenvalue weighted by Crippen LogP contribution is 2.24. The van der Waals surface area contributed by atoms with Gasteiger partial charge in [0, 0.05) is 6.04 Å². The minimum Gasteiger partial charge on any atom is -0.310 e. The first-order valence-electron chi connectivity index (χ1n) is 6.99. The molecule has 21 heavy (non-hydrogen) atoms. The van der Waals surface area contributed by atoms with Crippen molar-refractivity contribution in [2.24, 2.45) is 0 Å². The SMILES string of the molecule is CCNC(Cc1ccc(F)c(Br)c1)c1cc(C)nnc1C. The lowest BCUT2D eigenvalue weighted by molar-refractivity contribution is 0.541. The van der Waals surface area contributed by atoms with E-state index in [9.17, 15) is 4.39 Å². The van der Waals surface area contributed by atoms with Crippen LogP contribution in [0.15, 0.2) is 28.7 Å². The number of likely N-dealkylation sites (N-methyl/N-ethyl adjacent to an activating group) is 1. The van der Waals surface area contributed by atoms with E-state index < -0.39 is 0 Å². The third-order valence-electron chi connectivity index (χ3n) is 3.39. The smallest absolute Gasteiger partial charge is 0.137 e. The molecule has 0 fully saturated rings. The van der Waals surface area contributed by atoms with E-state index in [0.717, 1.165) is 35.5 Å². The van der Waals surface area contributed by atoms with E-state index in [1.54, 1.807) is 0 Å². The van der Waals surface area contributed by atoms with Crippen molar-refractivity contribution in [3.05, 3.63) is 57.1 Å². The second kappa shape index (κ2) is 7.09. The van der Waals surface area contributed by atoms with E-state index in [-0.39, 0.29) is 11.9 Å². The number of rotatable bonds is 5. The number of aromatic nitrogens is 2. The summed E-state index contributed by atoms with van der Waals surface area (Å²) in [5.41, 5.74) is 4.04. The van der Waals surface area contributed by atoms with Gasteiger partial charge in [-0.25, -0.2) is 4.39 Å². The molecule has 1 heterocycles. The zero-order valence-corrected chi connectivity index (χ0v) is 14.0. The molecule has 1 aromatic carbocycles. The molecule has 0 saturated carbocycles. The molecule has 5 heteroatoms. The molecule has 0 amide bonds. The molecule has 0 bridgehead atoms. The van der Waals surface area contributed by atoms with Gasteiger partial charge in [0.2, 0.25) is 0 Å². The van der Waals surface area contributed by atoms with Crippen molar-refractivity contribution in [1.82, 2.24) is 15.5 Å². The number of nitrogens with zero attached hydrogens (tertiary/aromatic N) is 2. The van der Waals surface area contributed by atoms with Gasteiger partial charge < -0.3 is 5.32 Å². The normalized spacial score (nSPS) is 12.4. The Balaban J connectivity index is 2.30. The summed E-state index contributed by atoms with van der Waals surface area (Å²) >= 11 is 3.24. The van der Waals surface area contributed by atoms with Crippen LogP contribution in [-0.4, -0.2) is 16.7 Å².